The molecule has 1 aromatic carbocycles. The molecule has 4 fully saturated rings. The van der Waals surface area contributed by atoms with Gasteiger partial charge in [-0.3, -0.25) is 4.79 Å². The van der Waals surface area contributed by atoms with Gasteiger partial charge in [-0.2, -0.15) is 5.26 Å². The lowest BCUT2D eigenvalue weighted by Crippen LogP contribution is -2.62. The third-order valence-electron chi connectivity index (χ3n) is 7.24. The Bertz CT molecular complexity index is 913. The van der Waals surface area contributed by atoms with Crippen LogP contribution in [0.5, 0.6) is 0 Å². The van der Waals surface area contributed by atoms with Crippen molar-refractivity contribution in [2.24, 2.45) is 17.8 Å². The number of hydrogen-bond donors (Lipinski definition) is 1. The molecule has 27 heavy (non-hydrogen) atoms. The summed E-state index contributed by atoms with van der Waals surface area (Å²) in [6, 6.07) is 9.11. The number of carbonyl (C=O) groups excluding carboxylic acids is 1. The Morgan fingerprint density at radius 3 is 2.59 bits per heavy atom. The average Bonchev–Trinajstić information content (AvgIpc) is 3.07. The topological polar surface area (TPSA) is 59.9 Å². The van der Waals surface area contributed by atoms with Gasteiger partial charge in [0.25, 0.3) is 0 Å². The van der Waals surface area contributed by atoms with Gasteiger partial charge in [0.05, 0.1) is 17.0 Å². The summed E-state index contributed by atoms with van der Waals surface area (Å²) in [5, 5.41) is 11.2. The van der Waals surface area contributed by atoms with Crippen molar-refractivity contribution in [2.45, 2.75) is 57.0 Å². The number of hydrogen-bond acceptors (Lipinski definition) is 2. The van der Waals surface area contributed by atoms with Gasteiger partial charge in [0, 0.05) is 35.6 Å². The number of aromatic amines is 1. The highest BCUT2D eigenvalue weighted by molar-refractivity contribution is 6.35. The minimum absolute atomic E-state index is 0.121. The van der Waals surface area contributed by atoms with E-state index < -0.39 is 0 Å². The van der Waals surface area contributed by atoms with E-state index in [9.17, 15) is 10.1 Å². The second-order valence-electron chi connectivity index (χ2n) is 8.74. The largest absolute Gasteiger partial charge is 0.361 e. The summed E-state index contributed by atoms with van der Waals surface area (Å²) in [7, 11) is 0. The number of amides is 1. The number of aromatic nitrogens is 1. The highest BCUT2D eigenvalue weighted by Gasteiger charge is 2.53. The fourth-order valence-corrected chi connectivity index (χ4v) is 6.44. The lowest BCUT2D eigenvalue weighted by molar-refractivity contribution is -0.152. The van der Waals surface area contributed by atoms with E-state index >= 15 is 0 Å². The minimum Gasteiger partial charge on any atom is -0.361 e. The Balaban J connectivity index is 1.35. The Kier molecular flexibility index (Phi) is 3.98. The quantitative estimate of drug-likeness (QED) is 0.825. The summed E-state index contributed by atoms with van der Waals surface area (Å²) >= 11 is 6.42. The van der Waals surface area contributed by atoms with Crippen LogP contribution in [0.3, 0.4) is 0 Å². The molecule has 2 aliphatic carbocycles. The molecule has 2 saturated heterocycles. The zero-order valence-corrected chi connectivity index (χ0v) is 16.2. The third kappa shape index (κ3) is 2.59. The van der Waals surface area contributed by atoms with Gasteiger partial charge in [0.2, 0.25) is 5.91 Å². The first kappa shape index (κ1) is 17.1. The summed E-state index contributed by atoms with van der Waals surface area (Å²) in [6.45, 7) is 2.12. The molecule has 0 spiro atoms. The van der Waals surface area contributed by atoms with Crippen molar-refractivity contribution in [3.05, 3.63) is 35.0 Å². The predicted molar refractivity (Wildman–Crippen MR) is 105 cm³/mol. The lowest BCUT2D eigenvalue weighted by Gasteiger charge is -2.58. The molecule has 6 rings (SSSR count). The number of nitriles is 1. The standard InChI is InChI=1S/C22H24ClN3O/c1-12(18-11-25-20-4-2-3-19(23)22(18)20)5-21(27)26-15-6-13-7-16(26)9-14(8-15)17(13)10-24/h2-4,11-17,25H,5-9H2,1H3. The van der Waals surface area contributed by atoms with E-state index in [2.05, 4.69) is 22.9 Å². The maximum absolute atomic E-state index is 13.2. The van der Waals surface area contributed by atoms with Crippen molar-refractivity contribution in [3.63, 3.8) is 0 Å². The van der Waals surface area contributed by atoms with Gasteiger partial charge in [0.15, 0.2) is 0 Å². The van der Waals surface area contributed by atoms with Gasteiger partial charge in [-0.25, -0.2) is 0 Å². The number of halogens is 1. The van der Waals surface area contributed by atoms with E-state index in [1.54, 1.807) is 0 Å². The predicted octanol–water partition coefficient (Wildman–Crippen LogP) is 4.85. The molecule has 5 heteroatoms. The van der Waals surface area contributed by atoms with Gasteiger partial charge in [0.1, 0.15) is 0 Å². The van der Waals surface area contributed by atoms with Crippen molar-refractivity contribution in [2.75, 3.05) is 0 Å². The van der Waals surface area contributed by atoms with E-state index in [0.29, 0.717) is 30.3 Å². The Labute approximate surface area is 164 Å². The maximum Gasteiger partial charge on any atom is 0.223 e. The average molecular weight is 382 g/mol. The van der Waals surface area contributed by atoms with Gasteiger partial charge in [-0.05, 0) is 61.1 Å². The van der Waals surface area contributed by atoms with Gasteiger partial charge in [-0.1, -0.05) is 24.6 Å². The summed E-state index contributed by atoms with van der Waals surface area (Å²) in [4.78, 5) is 18.7. The van der Waals surface area contributed by atoms with Crippen molar-refractivity contribution >= 4 is 28.4 Å². The highest BCUT2D eigenvalue weighted by Crippen LogP contribution is 2.52. The van der Waals surface area contributed by atoms with Crippen LogP contribution in [-0.4, -0.2) is 27.9 Å². The van der Waals surface area contributed by atoms with Gasteiger partial charge >= 0.3 is 0 Å². The number of H-pyrrole nitrogens is 1. The molecule has 4 bridgehead atoms. The molecule has 4 aliphatic rings. The number of fused-ring (bicyclic) bond motifs is 1. The van der Waals surface area contributed by atoms with Gasteiger partial charge in [-0.15, -0.1) is 0 Å². The first-order valence-corrected chi connectivity index (χ1v) is 10.4. The summed E-state index contributed by atoms with van der Waals surface area (Å²) in [5.41, 5.74) is 2.15. The highest BCUT2D eigenvalue weighted by atomic mass is 35.5. The third-order valence-corrected chi connectivity index (χ3v) is 7.55. The van der Waals surface area contributed by atoms with Crippen LogP contribution in [0.2, 0.25) is 5.02 Å². The van der Waals surface area contributed by atoms with Crippen LogP contribution in [0.25, 0.3) is 10.9 Å². The van der Waals surface area contributed by atoms with E-state index in [1.807, 2.05) is 24.4 Å². The molecular formula is C22H24ClN3O. The number of nitrogens with one attached hydrogen (secondary N) is 1. The number of carbonyl (C=O) groups is 1. The molecule has 2 saturated carbocycles. The van der Waals surface area contributed by atoms with Crippen LogP contribution in [0.1, 0.15) is 50.5 Å². The molecule has 2 aromatic rings. The molecule has 0 radical (unpaired) electrons. The van der Waals surface area contributed by atoms with Crippen molar-refractivity contribution in [3.8, 4) is 6.07 Å². The minimum atomic E-state index is 0.121. The smallest absolute Gasteiger partial charge is 0.223 e. The monoisotopic (exact) mass is 381 g/mol. The van der Waals surface area contributed by atoms with Gasteiger partial charge < -0.3 is 9.88 Å². The molecular weight excluding hydrogens is 358 g/mol. The number of nitrogens with zero attached hydrogens (tertiary/aromatic N) is 2. The van der Waals surface area contributed by atoms with E-state index in [-0.39, 0.29) is 17.7 Å². The second-order valence-corrected chi connectivity index (χ2v) is 9.15. The maximum atomic E-state index is 13.2. The molecule has 4 nitrogen and oxygen atoms in total. The van der Waals surface area contributed by atoms with E-state index in [1.165, 1.54) is 0 Å². The van der Waals surface area contributed by atoms with Crippen LogP contribution in [0, 0.1) is 29.1 Å². The van der Waals surface area contributed by atoms with E-state index in [4.69, 9.17) is 11.6 Å². The SMILES string of the molecule is CC(CC(=O)N1C2CC3CC1CC(C2)C3C#N)c1c[nH]c2cccc(Cl)c12. The molecule has 1 N–H and O–H groups in total. The van der Waals surface area contributed by atoms with Crippen LogP contribution >= 0.6 is 11.6 Å². The summed E-state index contributed by atoms with van der Waals surface area (Å²) in [5.74, 6) is 1.63. The normalized spacial score (nSPS) is 32.6. The molecule has 2 aliphatic heterocycles. The van der Waals surface area contributed by atoms with Crippen LogP contribution in [0.15, 0.2) is 24.4 Å². The van der Waals surface area contributed by atoms with Crippen molar-refractivity contribution in [1.29, 1.82) is 5.26 Å². The zero-order chi connectivity index (χ0) is 18.7. The van der Waals surface area contributed by atoms with Crippen molar-refractivity contribution < 1.29 is 4.79 Å². The zero-order valence-electron chi connectivity index (χ0n) is 15.5. The summed E-state index contributed by atoms with van der Waals surface area (Å²) in [6.07, 6.45) is 6.59. The molecule has 1 aromatic heterocycles. The van der Waals surface area contributed by atoms with Crippen LogP contribution in [-0.2, 0) is 4.79 Å². The van der Waals surface area contributed by atoms with Crippen LogP contribution < -0.4 is 0 Å². The Morgan fingerprint density at radius 1 is 1.30 bits per heavy atom. The van der Waals surface area contributed by atoms with E-state index in [0.717, 1.165) is 47.2 Å². The first-order chi connectivity index (χ1) is 13.1. The molecule has 140 valence electrons. The molecule has 1 amide bonds. The van der Waals surface area contributed by atoms with Crippen molar-refractivity contribution in [1.82, 2.24) is 9.88 Å². The number of benzene rings is 1. The number of piperidine rings is 2. The Hall–Kier alpha value is -1.99. The Morgan fingerprint density at radius 2 is 1.96 bits per heavy atom. The lowest BCUT2D eigenvalue weighted by atomic mass is 9.58. The fourth-order valence-electron chi connectivity index (χ4n) is 6.16. The van der Waals surface area contributed by atoms with Crippen LogP contribution in [0.4, 0.5) is 0 Å². The molecule has 3 heterocycles. The number of rotatable bonds is 3. The second kappa shape index (κ2) is 6.27. The molecule has 1 unspecified atom stereocenters. The summed E-state index contributed by atoms with van der Waals surface area (Å²) < 4.78 is 0. The first-order valence-electron chi connectivity index (χ1n) is 10.0. The fraction of sp³-hybridized carbons (Fsp3) is 0.545. The molecule has 1 atom stereocenters.